The van der Waals surface area contributed by atoms with Gasteiger partial charge < -0.3 is 24.1 Å². The van der Waals surface area contributed by atoms with Crippen molar-refractivity contribution in [1.82, 2.24) is 0 Å². The van der Waals surface area contributed by atoms with Gasteiger partial charge in [0.25, 0.3) is 0 Å². The zero-order valence-corrected chi connectivity index (χ0v) is 10.8. The maximum atomic E-state index is 11.6. The lowest BCUT2D eigenvalue weighted by molar-refractivity contribution is -0.153. The largest absolute Gasteiger partial charge is 0.496 e. The summed E-state index contributed by atoms with van der Waals surface area (Å²) in [4.78, 5) is 11.6. The Morgan fingerprint density at radius 3 is 2.58 bits per heavy atom. The Bertz CT molecular complexity index is 470. The number of hydrogen-bond donors (Lipinski definition) is 1. The van der Waals surface area contributed by atoms with Crippen molar-refractivity contribution in [3.8, 4) is 17.2 Å². The number of ether oxygens (including phenoxy) is 4. The number of rotatable bonds is 4. The van der Waals surface area contributed by atoms with Crippen LogP contribution in [0.1, 0.15) is 18.6 Å². The number of methoxy groups -OCH3 is 1. The number of carbonyl (C=O) groups is 1. The second-order valence-electron chi connectivity index (χ2n) is 3.89. The molecule has 0 spiro atoms. The van der Waals surface area contributed by atoms with E-state index in [2.05, 4.69) is 0 Å². The van der Waals surface area contributed by atoms with E-state index >= 15 is 0 Å². The quantitative estimate of drug-likeness (QED) is 0.823. The van der Waals surface area contributed by atoms with Gasteiger partial charge in [-0.3, -0.25) is 0 Å². The summed E-state index contributed by atoms with van der Waals surface area (Å²) in [6, 6.07) is 3.13. The van der Waals surface area contributed by atoms with Gasteiger partial charge >= 0.3 is 5.97 Å². The first-order chi connectivity index (χ1) is 9.17. The topological polar surface area (TPSA) is 74.2 Å². The lowest BCUT2D eigenvalue weighted by Crippen LogP contribution is -2.19. The van der Waals surface area contributed by atoms with Crippen LogP contribution in [-0.4, -0.2) is 38.0 Å². The predicted molar refractivity (Wildman–Crippen MR) is 65.6 cm³/mol. The van der Waals surface area contributed by atoms with Crippen LogP contribution in [0.3, 0.4) is 0 Å². The molecule has 0 aliphatic carbocycles. The third kappa shape index (κ3) is 2.73. The van der Waals surface area contributed by atoms with Crippen LogP contribution in [-0.2, 0) is 9.53 Å². The van der Waals surface area contributed by atoms with Gasteiger partial charge in [-0.1, -0.05) is 0 Å². The second-order valence-corrected chi connectivity index (χ2v) is 3.89. The molecule has 1 atom stereocenters. The Morgan fingerprint density at radius 1 is 1.37 bits per heavy atom. The van der Waals surface area contributed by atoms with Crippen molar-refractivity contribution in [2.24, 2.45) is 0 Å². The van der Waals surface area contributed by atoms with Gasteiger partial charge in [-0.25, -0.2) is 4.79 Å². The van der Waals surface area contributed by atoms with Gasteiger partial charge in [0.2, 0.25) is 0 Å². The first-order valence-corrected chi connectivity index (χ1v) is 5.99. The fourth-order valence-electron chi connectivity index (χ4n) is 1.82. The molecule has 2 rings (SSSR count). The maximum Gasteiger partial charge on any atom is 0.339 e. The van der Waals surface area contributed by atoms with Gasteiger partial charge in [0.05, 0.1) is 13.7 Å². The third-order valence-corrected chi connectivity index (χ3v) is 2.70. The number of benzene rings is 1. The molecule has 1 aliphatic rings. The van der Waals surface area contributed by atoms with E-state index in [1.807, 2.05) is 0 Å². The molecule has 0 saturated heterocycles. The number of aliphatic hydroxyl groups is 1. The molecule has 104 valence electrons. The minimum Gasteiger partial charge on any atom is -0.496 e. The van der Waals surface area contributed by atoms with Gasteiger partial charge in [0.15, 0.2) is 17.6 Å². The fraction of sp³-hybridized carbons (Fsp3) is 0.462. The van der Waals surface area contributed by atoms with Gasteiger partial charge in [0, 0.05) is 11.6 Å². The van der Waals surface area contributed by atoms with Crippen molar-refractivity contribution < 1.29 is 28.8 Å². The molecule has 0 bridgehead atoms. The Kier molecular flexibility index (Phi) is 4.11. The maximum absolute atomic E-state index is 11.6. The Balaban J connectivity index is 2.35. The first-order valence-electron chi connectivity index (χ1n) is 5.99. The second kappa shape index (κ2) is 5.79. The van der Waals surface area contributed by atoms with Crippen LogP contribution >= 0.6 is 0 Å². The summed E-state index contributed by atoms with van der Waals surface area (Å²) < 4.78 is 20.8. The van der Waals surface area contributed by atoms with Gasteiger partial charge in [0.1, 0.15) is 19.0 Å². The molecule has 0 amide bonds. The average molecular weight is 268 g/mol. The summed E-state index contributed by atoms with van der Waals surface area (Å²) in [5.74, 6) is 0.635. The van der Waals surface area contributed by atoms with E-state index in [-0.39, 0.29) is 6.61 Å². The summed E-state index contributed by atoms with van der Waals surface area (Å²) in [6.07, 6.45) is -1.41. The summed E-state index contributed by atoms with van der Waals surface area (Å²) in [5.41, 5.74) is 0.296. The van der Waals surface area contributed by atoms with E-state index in [1.54, 1.807) is 13.0 Å². The highest BCUT2D eigenvalue weighted by Gasteiger charge is 2.26. The van der Waals surface area contributed by atoms with Crippen molar-refractivity contribution in [2.75, 3.05) is 26.9 Å². The molecule has 0 aromatic heterocycles. The molecule has 19 heavy (non-hydrogen) atoms. The minimum absolute atomic E-state index is 0.197. The minimum atomic E-state index is -1.41. The molecule has 1 N–H and O–H groups in total. The SMILES string of the molecule is CCOC(=O)C(O)c1cc2c(cc1OC)OCCO2. The van der Waals surface area contributed by atoms with Crippen molar-refractivity contribution >= 4 is 5.97 Å². The van der Waals surface area contributed by atoms with Crippen molar-refractivity contribution in [3.05, 3.63) is 17.7 Å². The van der Waals surface area contributed by atoms with Crippen LogP contribution in [0.4, 0.5) is 0 Å². The molecule has 0 radical (unpaired) electrons. The molecule has 0 saturated carbocycles. The monoisotopic (exact) mass is 268 g/mol. The van der Waals surface area contributed by atoms with Crippen molar-refractivity contribution in [1.29, 1.82) is 0 Å². The predicted octanol–water partition coefficient (Wildman–Crippen LogP) is 1.06. The van der Waals surface area contributed by atoms with Crippen molar-refractivity contribution in [2.45, 2.75) is 13.0 Å². The number of hydrogen-bond acceptors (Lipinski definition) is 6. The molecule has 1 heterocycles. The number of aliphatic hydroxyl groups excluding tert-OH is 1. The van der Waals surface area contributed by atoms with E-state index in [1.165, 1.54) is 13.2 Å². The van der Waals surface area contributed by atoms with Crippen LogP contribution in [0.15, 0.2) is 12.1 Å². The Morgan fingerprint density at radius 2 is 2.00 bits per heavy atom. The summed E-state index contributed by atoms with van der Waals surface area (Å²) in [7, 11) is 1.45. The molecule has 1 aromatic rings. The van der Waals surface area contributed by atoms with Gasteiger partial charge in [-0.15, -0.1) is 0 Å². The highest BCUT2D eigenvalue weighted by Crippen LogP contribution is 2.39. The van der Waals surface area contributed by atoms with Crippen LogP contribution < -0.4 is 14.2 Å². The van der Waals surface area contributed by atoms with Gasteiger partial charge in [-0.2, -0.15) is 0 Å². The molecular formula is C13H16O6. The molecule has 6 heteroatoms. The summed E-state index contributed by atoms with van der Waals surface area (Å²) >= 11 is 0. The van der Waals surface area contributed by atoms with Crippen LogP contribution in [0.5, 0.6) is 17.2 Å². The van der Waals surface area contributed by atoms with Crippen LogP contribution in [0, 0.1) is 0 Å². The number of fused-ring (bicyclic) bond motifs is 1. The number of esters is 1. The highest BCUT2D eigenvalue weighted by atomic mass is 16.6. The van der Waals surface area contributed by atoms with E-state index < -0.39 is 12.1 Å². The molecule has 1 aliphatic heterocycles. The normalized spacial score (nSPS) is 14.7. The Hall–Kier alpha value is -1.95. The molecular weight excluding hydrogens is 252 g/mol. The van der Waals surface area contributed by atoms with Crippen LogP contribution in [0.25, 0.3) is 0 Å². The first kappa shape index (κ1) is 13.5. The third-order valence-electron chi connectivity index (χ3n) is 2.70. The lowest BCUT2D eigenvalue weighted by atomic mass is 10.1. The molecule has 1 aromatic carbocycles. The number of carbonyl (C=O) groups excluding carboxylic acids is 1. The molecule has 6 nitrogen and oxygen atoms in total. The Labute approximate surface area is 110 Å². The van der Waals surface area contributed by atoms with E-state index in [9.17, 15) is 9.90 Å². The van der Waals surface area contributed by atoms with E-state index in [4.69, 9.17) is 18.9 Å². The highest BCUT2D eigenvalue weighted by molar-refractivity contribution is 5.78. The zero-order valence-electron chi connectivity index (χ0n) is 10.8. The lowest BCUT2D eigenvalue weighted by Gasteiger charge is -2.21. The average Bonchev–Trinajstić information content (AvgIpc) is 2.45. The standard InChI is InChI=1S/C13H16O6/c1-3-17-13(15)12(14)8-6-10-11(7-9(8)16-2)19-5-4-18-10/h6-7,12,14H,3-5H2,1-2H3. The van der Waals surface area contributed by atoms with E-state index in [0.717, 1.165) is 0 Å². The molecule has 0 fully saturated rings. The fourth-order valence-corrected chi connectivity index (χ4v) is 1.82. The van der Waals surface area contributed by atoms with Crippen LogP contribution in [0.2, 0.25) is 0 Å². The van der Waals surface area contributed by atoms with Gasteiger partial charge in [-0.05, 0) is 13.0 Å². The molecule has 1 unspecified atom stereocenters. The van der Waals surface area contributed by atoms with Crippen molar-refractivity contribution in [3.63, 3.8) is 0 Å². The van der Waals surface area contributed by atoms with E-state index in [0.29, 0.717) is 36.0 Å². The zero-order chi connectivity index (χ0) is 13.8. The summed E-state index contributed by atoms with van der Waals surface area (Å²) in [6.45, 7) is 2.75. The smallest absolute Gasteiger partial charge is 0.339 e. The summed E-state index contributed by atoms with van der Waals surface area (Å²) in [5, 5.41) is 9.98.